The Morgan fingerprint density at radius 3 is 2.40 bits per heavy atom. The third-order valence-corrected chi connectivity index (χ3v) is 3.70. The summed E-state index contributed by atoms with van der Waals surface area (Å²) in [4.78, 5) is 13.7. The molecule has 0 radical (unpaired) electrons. The van der Waals surface area contributed by atoms with Gasteiger partial charge >= 0.3 is 0 Å². The van der Waals surface area contributed by atoms with Gasteiger partial charge < -0.3 is 10.0 Å². The maximum absolute atomic E-state index is 11.9. The number of amides is 1. The molecule has 0 bridgehead atoms. The standard InChI is InChI=1S/C14H18ClNO2.2H2S/c15-9-14(18)16(12-7-4-8-13(12)17)10-11-5-2-1-3-6-11;;/h1-3,5-6,12-13,17H,4,7-10H2;2*1H2/t12-,13-;;/m0../s1. The maximum Gasteiger partial charge on any atom is 0.238 e. The number of hydrogen-bond acceptors (Lipinski definition) is 2. The predicted octanol–water partition coefficient (Wildman–Crippen LogP) is 2.39. The largest absolute Gasteiger partial charge is 0.391 e. The number of carbonyl (C=O) groups is 1. The van der Waals surface area contributed by atoms with Crippen molar-refractivity contribution in [1.82, 2.24) is 4.90 Å². The minimum Gasteiger partial charge on any atom is -0.391 e. The molecule has 6 heteroatoms. The summed E-state index contributed by atoms with van der Waals surface area (Å²) < 4.78 is 0. The molecule has 0 unspecified atom stereocenters. The molecule has 0 aliphatic heterocycles. The van der Waals surface area contributed by atoms with Crippen LogP contribution in [0, 0.1) is 0 Å². The van der Waals surface area contributed by atoms with E-state index in [0.29, 0.717) is 6.54 Å². The fourth-order valence-electron chi connectivity index (χ4n) is 2.53. The first-order chi connectivity index (χ1) is 8.72. The van der Waals surface area contributed by atoms with Crippen LogP contribution in [0.5, 0.6) is 0 Å². The third-order valence-electron chi connectivity index (χ3n) is 3.47. The Labute approximate surface area is 139 Å². The Morgan fingerprint density at radius 1 is 1.25 bits per heavy atom. The van der Waals surface area contributed by atoms with Crippen LogP contribution in [-0.4, -0.2) is 33.9 Å². The van der Waals surface area contributed by atoms with E-state index in [-0.39, 0.29) is 44.8 Å². The molecule has 1 aliphatic rings. The maximum atomic E-state index is 11.9. The van der Waals surface area contributed by atoms with Crippen molar-refractivity contribution in [2.75, 3.05) is 5.88 Å². The zero-order chi connectivity index (χ0) is 13.0. The van der Waals surface area contributed by atoms with E-state index < -0.39 is 6.10 Å². The molecule has 1 fully saturated rings. The zero-order valence-corrected chi connectivity index (χ0v) is 14.0. The molecule has 1 saturated carbocycles. The molecule has 2 atom stereocenters. The number of aliphatic hydroxyl groups excluding tert-OH is 1. The summed E-state index contributed by atoms with van der Waals surface area (Å²) in [6.07, 6.45) is 2.18. The second-order valence-electron chi connectivity index (χ2n) is 4.71. The van der Waals surface area contributed by atoms with Crippen LogP contribution in [0.15, 0.2) is 30.3 Å². The van der Waals surface area contributed by atoms with Crippen molar-refractivity contribution in [3.63, 3.8) is 0 Å². The smallest absolute Gasteiger partial charge is 0.238 e. The van der Waals surface area contributed by atoms with Gasteiger partial charge in [-0.15, -0.1) is 11.6 Å². The normalized spacial score (nSPS) is 20.7. The van der Waals surface area contributed by atoms with Gasteiger partial charge in [-0.05, 0) is 24.8 Å². The quantitative estimate of drug-likeness (QED) is 0.858. The van der Waals surface area contributed by atoms with E-state index in [1.165, 1.54) is 0 Å². The first-order valence-corrected chi connectivity index (χ1v) is 6.83. The number of halogens is 1. The van der Waals surface area contributed by atoms with Crippen LogP contribution in [0.3, 0.4) is 0 Å². The second-order valence-corrected chi connectivity index (χ2v) is 4.97. The van der Waals surface area contributed by atoms with Crippen molar-refractivity contribution in [3.05, 3.63) is 35.9 Å². The lowest BCUT2D eigenvalue weighted by Gasteiger charge is -2.30. The molecule has 0 saturated heterocycles. The second kappa shape index (κ2) is 9.55. The van der Waals surface area contributed by atoms with Gasteiger partial charge in [-0.25, -0.2) is 0 Å². The van der Waals surface area contributed by atoms with Crippen LogP contribution in [0.25, 0.3) is 0 Å². The summed E-state index contributed by atoms with van der Waals surface area (Å²) in [6.45, 7) is 0.522. The van der Waals surface area contributed by atoms with Gasteiger partial charge in [0.25, 0.3) is 0 Å². The first-order valence-electron chi connectivity index (χ1n) is 6.30. The average molecular weight is 336 g/mol. The van der Waals surface area contributed by atoms with E-state index in [0.717, 1.165) is 24.8 Å². The lowest BCUT2D eigenvalue weighted by Crippen LogP contribution is -2.44. The van der Waals surface area contributed by atoms with Gasteiger partial charge in [-0.3, -0.25) is 4.79 Å². The lowest BCUT2D eigenvalue weighted by atomic mass is 10.1. The molecule has 1 amide bonds. The van der Waals surface area contributed by atoms with Crippen molar-refractivity contribution in [1.29, 1.82) is 0 Å². The fraction of sp³-hybridized carbons (Fsp3) is 0.500. The molecule has 0 heterocycles. The topological polar surface area (TPSA) is 40.5 Å². The molecule has 20 heavy (non-hydrogen) atoms. The van der Waals surface area contributed by atoms with Gasteiger partial charge in [0.2, 0.25) is 5.91 Å². The number of alkyl halides is 1. The number of carbonyl (C=O) groups excluding carboxylic acids is 1. The predicted molar refractivity (Wildman–Crippen MR) is 92.1 cm³/mol. The van der Waals surface area contributed by atoms with Crippen molar-refractivity contribution in [3.8, 4) is 0 Å². The van der Waals surface area contributed by atoms with E-state index in [1.807, 2.05) is 30.3 Å². The van der Waals surface area contributed by atoms with E-state index in [9.17, 15) is 9.90 Å². The zero-order valence-electron chi connectivity index (χ0n) is 11.3. The Bertz CT molecular complexity index is 405. The lowest BCUT2D eigenvalue weighted by molar-refractivity contribution is -0.133. The average Bonchev–Trinajstić information content (AvgIpc) is 2.82. The number of benzene rings is 1. The van der Waals surface area contributed by atoms with Crippen LogP contribution in [-0.2, 0) is 11.3 Å². The summed E-state index contributed by atoms with van der Waals surface area (Å²) in [5.41, 5.74) is 1.06. The minimum absolute atomic E-state index is 0. The monoisotopic (exact) mass is 335 g/mol. The molecule has 3 nitrogen and oxygen atoms in total. The molecule has 1 N–H and O–H groups in total. The molecule has 2 rings (SSSR count). The molecular weight excluding hydrogens is 314 g/mol. The minimum atomic E-state index is -0.416. The highest BCUT2D eigenvalue weighted by Gasteiger charge is 2.33. The third kappa shape index (κ3) is 4.88. The van der Waals surface area contributed by atoms with Gasteiger partial charge in [0, 0.05) is 6.54 Å². The summed E-state index contributed by atoms with van der Waals surface area (Å²) in [5, 5.41) is 9.94. The van der Waals surface area contributed by atoms with Crippen molar-refractivity contribution in [2.45, 2.75) is 38.0 Å². The SMILES string of the molecule is O=C(CCl)N(Cc1ccccc1)[C@H]1CCC[C@@H]1O.S.S. The Balaban J connectivity index is 0.00000180. The van der Waals surface area contributed by atoms with Crippen molar-refractivity contribution < 1.29 is 9.90 Å². The van der Waals surface area contributed by atoms with Gasteiger partial charge in [-0.2, -0.15) is 27.0 Å². The highest BCUT2D eigenvalue weighted by Crippen LogP contribution is 2.26. The van der Waals surface area contributed by atoms with Crippen LogP contribution in [0.1, 0.15) is 24.8 Å². The molecule has 0 aromatic heterocycles. The van der Waals surface area contributed by atoms with Gasteiger partial charge in [0.05, 0.1) is 12.1 Å². The fourth-order valence-corrected chi connectivity index (χ4v) is 2.69. The van der Waals surface area contributed by atoms with Crippen molar-refractivity contribution >= 4 is 44.5 Å². The highest BCUT2D eigenvalue weighted by atomic mass is 35.5. The van der Waals surface area contributed by atoms with Crippen LogP contribution in [0.4, 0.5) is 0 Å². The van der Waals surface area contributed by atoms with Gasteiger partial charge in [-0.1, -0.05) is 30.3 Å². The van der Waals surface area contributed by atoms with E-state index >= 15 is 0 Å². The number of hydrogen-bond donors (Lipinski definition) is 1. The Morgan fingerprint density at radius 2 is 1.90 bits per heavy atom. The summed E-state index contributed by atoms with van der Waals surface area (Å²) in [6, 6.07) is 9.72. The summed E-state index contributed by atoms with van der Waals surface area (Å²) in [7, 11) is 0. The van der Waals surface area contributed by atoms with Crippen LogP contribution < -0.4 is 0 Å². The molecule has 114 valence electrons. The molecule has 0 spiro atoms. The van der Waals surface area contributed by atoms with Crippen LogP contribution in [0.2, 0.25) is 0 Å². The van der Waals surface area contributed by atoms with E-state index in [1.54, 1.807) is 4.90 Å². The van der Waals surface area contributed by atoms with Gasteiger partial charge in [0.15, 0.2) is 0 Å². The Hall–Kier alpha value is -0.360. The molecule has 1 aromatic carbocycles. The van der Waals surface area contributed by atoms with E-state index in [2.05, 4.69) is 0 Å². The number of rotatable bonds is 4. The molecule has 1 aromatic rings. The molecular formula is C14H22ClNO2S2. The van der Waals surface area contributed by atoms with E-state index in [4.69, 9.17) is 11.6 Å². The Kier molecular flexibility index (Phi) is 9.38. The highest BCUT2D eigenvalue weighted by molar-refractivity contribution is 7.59. The summed E-state index contributed by atoms with van der Waals surface area (Å²) in [5.74, 6) is -0.137. The van der Waals surface area contributed by atoms with Crippen molar-refractivity contribution in [2.24, 2.45) is 0 Å². The van der Waals surface area contributed by atoms with Crippen LogP contribution >= 0.6 is 38.6 Å². The first kappa shape index (κ1) is 19.6. The summed E-state index contributed by atoms with van der Waals surface area (Å²) >= 11 is 5.67. The number of aliphatic hydroxyl groups is 1. The molecule has 1 aliphatic carbocycles. The van der Waals surface area contributed by atoms with Gasteiger partial charge in [0.1, 0.15) is 5.88 Å². The number of nitrogens with zero attached hydrogens (tertiary/aromatic N) is 1.